The second-order valence-corrected chi connectivity index (χ2v) is 3.52. The molecule has 4 nitrogen and oxygen atoms in total. The topological polar surface area (TPSA) is 41.6 Å². The number of thiocarbonyl (C=S) groups is 1. The van der Waals surface area contributed by atoms with Gasteiger partial charge in [-0.05, 0) is 19.1 Å². The summed E-state index contributed by atoms with van der Waals surface area (Å²) in [5, 5.41) is 3.76. The van der Waals surface area contributed by atoms with Gasteiger partial charge in [-0.3, -0.25) is 0 Å². The summed E-state index contributed by atoms with van der Waals surface area (Å²) in [6.07, 6.45) is 0. The fourth-order valence-electron chi connectivity index (χ4n) is 1.10. The molecule has 1 rings (SSSR count). The first-order chi connectivity index (χ1) is 6.61. The molecule has 0 bridgehead atoms. The first-order valence-corrected chi connectivity index (χ1v) is 4.87. The number of carbonyl (C=O) groups excluding carboxylic acids is 1. The molecule has 1 heterocycles. The molecule has 0 aromatic heterocycles. The molecule has 1 aliphatic heterocycles. The number of rotatable bonds is 4. The van der Waals surface area contributed by atoms with Crippen molar-refractivity contribution in [2.45, 2.75) is 6.92 Å². The zero-order chi connectivity index (χ0) is 10.6. The van der Waals surface area contributed by atoms with Gasteiger partial charge in [0.25, 0.3) is 0 Å². The largest absolute Gasteiger partial charge is 0.460 e. The summed E-state index contributed by atoms with van der Waals surface area (Å²) >= 11 is 5.03. The summed E-state index contributed by atoms with van der Waals surface area (Å²) in [6.45, 7) is 7.87. The summed E-state index contributed by atoms with van der Waals surface area (Å²) in [6, 6.07) is 0. The molecular formula is C9H14N2O2S. The molecule has 0 radical (unpaired) electrons. The predicted octanol–water partition coefficient (Wildman–Crippen LogP) is 0.296. The number of hydrogen-bond donors (Lipinski definition) is 1. The lowest BCUT2D eigenvalue weighted by Gasteiger charge is -2.15. The maximum Gasteiger partial charge on any atom is 0.333 e. The maximum atomic E-state index is 11.0. The fraction of sp³-hybridized carbons (Fsp3) is 0.556. The minimum atomic E-state index is -0.344. The summed E-state index contributed by atoms with van der Waals surface area (Å²) in [5.41, 5.74) is 0.423. The molecule has 0 unspecified atom stereocenters. The SMILES string of the molecule is C=C(C)C(=O)OCCN1CCNC1=S. The molecule has 0 aliphatic carbocycles. The van der Waals surface area contributed by atoms with E-state index < -0.39 is 0 Å². The van der Waals surface area contributed by atoms with Crippen LogP contribution in [0.4, 0.5) is 0 Å². The Kier molecular flexibility index (Phi) is 3.88. The number of esters is 1. The van der Waals surface area contributed by atoms with Crippen LogP contribution in [0.25, 0.3) is 0 Å². The van der Waals surface area contributed by atoms with Gasteiger partial charge in [0.15, 0.2) is 5.11 Å². The summed E-state index contributed by atoms with van der Waals surface area (Å²) in [5.74, 6) is -0.344. The highest BCUT2D eigenvalue weighted by Crippen LogP contribution is 1.98. The summed E-state index contributed by atoms with van der Waals surface area (Å²) < 4.78 is 4.95. The molecule has 0 atom stereocenters. The number of nitrogens with zero attached hydrogens (tertiary/aromatic N) is 1. The Bertz CT molecular complexity index is 266. The van der Waals surface area contributed by atoms with Crippen LogP contribution in [0, 0.1) is 0 Å². The standard InChI is InChI=1S/C9H14N2O2S/c1-7(2)8(12)13-6-5-11-4-3-10-9(11)14/h1,3-6H2,2H3,(H,10,14). The average molecular weight is 214 g/mol. The minimum absolute atomic E-state index is 0.344. The smallest absolute Gasteiger partial charge is 0.333 e. The van der Waals surface area contributed by atoms with Gasteiger partial charge in [-0.25, -0.2) is 4.79 Å². The zero-order valence-electron chi connectivity index (χ0n) is 8.21. The van der Waals surface area contributed by atoms with E-state index in [0.717, 1.165) is 18.2 Å². The third kappa shape index (κ3) is 2.99. The highest BCUT2D eigenvalue weighted by atomic mass is 32.1. The molecule has 0 spiro atoms. The highest BCUT2D eigenvalue weighted by molar-refractivity contribution is 7.80. The van der Waals surface area contributed by atoms with Crippen LogP contribution in [0.1, 0.15) is 6.92 Å². The second-order valence-electron chi connectivity index (χ2n) is 3.14. The van der Waals surface area contributed by atoms with Crippen LogP contribution in [0.15, 0.2) is 12.2 Å². The quantitative estimate of drug-likeness (QED) is 0.414. The van der Waals surface area contributed by atoms with Crippen molar-refractivity contribution < 1.29 is 9.53 Å². The Balaban J connectivity index is 2.18. The van der Waals surface area contributed by atoms with E-state index in [4.69, 9.17) is 17.0 Å². The molecular weight excluding hydrogens is 200 g/mol. The van der Waals surface area contributed by atoms with Crippen LogP contribution in [0.2, 0.25) is 0 Å². The van der Waals surface area contributed by atoms with Crippen LogP contribution in [-0.4, -0.2) is 42.2 Å². The second kappa shape index (κ2) is 4.95. The first kappa shape index (κ1) is 11.0. The normalized spacial score (nSPS) is 15.2. The van der Waals surface area contributed by atoms with E-state index in [1.54, 1.807) is 6.92 Å². The lowest BCUT2D eigenvalue weighted by Crippen LogP contribution is -2.31. The van der Waals surface area contributed by atoms with Gasteiger partial charge < -0.3 is 15.0 Å². The first-order valence-electron chi connectivity index (χ1n) is 4.46. The van der Waals surface area contributed by atoms with Crippen molar-refractivity contribution in [2.75, 3.05) is 26.2 Å². The lowest BCUT2D eigenvalue weighted by molar-refractivity contribution is -0.139. The van der Waals surface area contributed by atoms with Crippen molar-refractivity contribution in [3.05, 3.63) is 12.2 Å². The van der Waals surface area contributed by atoms with Gasteiger partial charge in [0.05, 0.1) is 6.54 Å². The van der Waals surface area contributed by atoms with Gasteiger partial charge in [-0.1, -0.05) is 6.58 Å². The molecule has 1 aliphatic rings. The summed E-state index contributed by atoms with van der Waals surface area (Å²) in [7, 11) is 0. The van der Waals surface area contributed by atoms with Gasteiger partial charge in [0, 0.05) is 18.7 Å². The molecule has 14 heavy (non-hydrogen) atoms. The van der Waals surface area contributed by atoms with Crippen molar-refractivity contribution in [3.63, 3.8) is 0 Å². The van der Waals surface area contributed by atoms with Gasteiger partial charge in [0.1, 0.15) is 6.61 Å². The average Bonchev–Trinajstić information content (AvgIpc) is 2.51. The van der Waals surface area contributed by atoms with Crippen molar-refractivity contribution >= 4 is 23.3 Å². The molecule has 78 valence electrons. The molecule has 0 amide bonds. The maximum absolute atomic E-state index is 11.0. The Morgan fingerprint density at radius 2 is 2.50 bits per heavy atom. The van der Waals surface area contributed by atoms with E-state index >= 15 is 0 Å². The van der Waals surface area contributed by atoms with Crippen LogP contribution in [-0.2, 0) is 9.53 Å². The molecule has 1 N–H and O–H groups in total. The Hall–Kier alpha value is -1.10. The Morgan fingerprint density at radius 3 is 3.00 bits per heavy atom. The lowest BCUT2D eigenvalue weighted by atomic mass is 10.4. The molecule has 0 aromatic rings. The number of carbonyl (C=O) groups is 1. The molecule has 1 saturated heterocycles. The third-order valence-electron chi connectivity index (χ3n) is 1.89. The van der Waals surface area contributed by atoms with E-state index in [0.29, 0.717) is 18.7 Å². The monoisotopic (exact) mass is 214 g/mol. The van der Waals surface area contributed by atoms with Gasteiger partial charge in [-0.15, -0.1) is 0 Å². The highest BCUT2D eigenvalue weighted by Gasteiger charge is 2.15. The van der Waals surface area contributed by atoms with Crippen LogP contribution < -0.4 is 5.32 Å². The predicted molar refractivity (Wildman–Crippen MR) is 57.9 cm³/mol. The van der Waals surface area contributed by atoms with Gasteiger partial charge in [-0.2, -0.15) is 0 Å². The molecule has 5 heteroatoms. The van der Waals surface area contributed by atoms with E-state index in [9.17, 15) is 4.79 Å². The van der Waals surface area contributed by atoms with E-state index in [1.165, 1.54) is 0 Å². The van der Waals surface area contributed by atoms with Crippen LogP contribution in [0.5, 0.6) is 0 Å². The zero-order valence-corrected chi connectivity index (χ0v) is 9.02. The minimum Gasteiger partial charge on any atom is -0.460 e. The fourth-order valence-corrected chi connectivity index (χ4v) is 1.38. The number of hydrogen-bond acceptors (Lipinski definition) is 3. The van der Waals surface area contributed by atoms with Crippen molar-refractivity contribution in [3.8, 4) is 0 Å². The molecule has 0 saturated carbocycles. The Labute approximate surface area is 88.9 Å². The van der Waals surface area contributed by atoms with Gasteiger partial charge >= 0.3 is 5.97 Å². The summed E-state index contributed by atoms with van der Waals surface area (Å²) in [4.78, 5) is 13.0. The van der Waals surface area contributed by atoms with Gasteiger partial charge in [0.2, 0.25) is 0 Å². The van der Waals surface area contributed by atoms with E-state index in [-0.39, 0.29) is 5.97 Å². The molecule has 0 aromatic carbocycles. The molecule has 1 fully saturated rings. The number of nitrogens with one attached hydrogen (secondary N) is 1. The van der Waals surface area contributed by atoms with Crippen LogP contribution >= 0.6 is 12.2 Å². The van der Waals surface area contributed by atoms with Crippen molar-refractivity contribution in [1.82, 2.24) is 10.2 Å². The van der Waals surface area contributed by atoms with Crippen LogP contribution in [0.3, 0.4) is 0 Å². The number of ether oxygens (including phenoxy) is 1. The van der Waals surface area contributed by atoms with Crippen molar-refractivity contribution in [2.24, 2.45) is 0 Å². The van der Waals surface area contributed by atoms with Crippen molar-refractivity contribution in [1.29, 1.82) is 0 Å². The third-order valence-corrected chi connectivity index (χ3v) is 2.29. The Morgan fingerprint density at radius 1 is 1.79 bits per heavy atom. The van der Waals surface area contributed by atoms with E-state index in [1.807, 2.05) is 4.90 Å². The van der Waals surface area contributed by atoms with E-state index in [2.05, 4.69) is 11.9 Å².